The smallest absolute Gasteiger partial charge is 0.0449 e. The fourth-order valence-electron chi connectivity index (χ4n) is 3.63. The van der Waals surface area contributed by atoms with E-state index in [4.69, 9.17) is 0 Å². The predicted octanol–water partition coefficient (Wildman–Crippen LogP) is 3.21. The van der Waals surface area contributed by atoms with Gasteiger partial charge in [0.2, 0.25) is 0 Å². The molecule has 19 heavy (non-hydrogen) atoms. The van der Waals surface area contributed by atoms with Gasteiger partial charge in [0.1, 0.15) is 0 Å². The van der Waals surface area contributed by atoms with E-state index in [0.29, 0.717) is 6.04 Å². The zero-order valence-corrected chi connectivity index (χ0v) is 11.9. The van der Waals surface area contributed by atoms with Crippen LogP contribution in [0.2, 0.25) is 0 Å². The lowest BCUT2D eigenvalue weighted by molar-refractivity contribution is 0.228. The van der Waals surface area contributed by atoms with Gasteiger partial charge in [0.25, 0.3) is 0 Å². The van der Waals surface area contributed by atoms with E-state index < -0.39 is 0 Å². The molecule has 1 N–H and O–H groups in total. The molecule has 2 nitrogen and oxygen atoms in total. The van der Waals surface area contributed by atoms with Gasteiger partial charge < -0.3 is 10.2 Å². The van der Waals surface area contributed by atoms with Crippen LogP contribution in [0.15, 0.2) is 30.3 Å². The van der Waals surface area contributed by atoms with Gasteiger partial charge in [-0.15, -0.1) is 0 Å². The molecule has 0 amide bonds. The third-order valence-corrected chi connectivity index (χ3v) is 4.68. The summed E-state index contributed by atoms with van der Waals surface area (Å²) in [6, 6.07) is 11.5. The quantitative estimate of drug-likeness (QED) is 0.895. The van der Waals surface area contributed by atoms with Crippen LogP contribution in [0.5, 0.6) is 0 Å². The summed E-state index contributed by atoms with van der Waals surface area (Å²) < 4.78 is 0. The van der Waals surface area contributed by atoms with Crippen molar-refractivity contribution in [1.29, 1.82) is 0 Å². The third kappa shape index (κ3) is 3.58. The van der Waals surface area contributed by atoms with Crippen molar-refractivity contribution < 1.29 is 0 Å². The maximum atomic E-state index is 3.71. The molecule has 1 atom stereocenters. The molecule has 1 aromatic rings. The summed E-state index contributed by atoms with van der Waals surface area (Å²) in [5, 5.41) is 3.71. The first kappa shape index (κ1) is 13.1. The summed E-state index contributed by atoms with van der Waals surface area (Å²) in [7, 11) is 0. The van der Waals surface area contributed by atoms with Crippen LogP contribution in [-0.4, -0.2) is 31.1 Å². The predicted molar refractivity (Wildman–Crippen MR) is 80.2 cm³/mol. The Morgan fingerprint density at radius 2 is 1.84 bits per heavy atom. The molecule has 1 heterocycles. The minimum absolute atomic E-state index is 0.519. The third-order valence-electron chi connectivity index (χ3n) is 4.68. The minimum Gasteiger partial charge on any atom is -0.309 e. The van der Waals surface area contributed by atoms with E-state index in [0.717, 1.165) is 12.5 Å². The van der Waals surface area contributed by atoms with Gasteiger partial charge in [0.05, 0.1) is 0 Å². The molecule has 0 aromatic heterocycles. The Hall–Kier alpha value is -0.860. The lowest BCUT2D eigenvalue weighted by Crippen LogP contribution is -2.34. The topological polar surface area (TPSA) is 15.3 Å². The van der Waals surface area contributed by atoms with Crippen molar-refractivity contribution >= 4 is 0 Å². The van der Waals surface area contributed by atoms with Gasteiger partial charge in [-0.2, -0.15) is 0 Å². The molecule has 2 fully saturated rings. The second-order valence-corrected chi connectivity index (χ2v) is 6.18. The molecule has 0 bridgehead atoms. The summed E-state index contributed by atoms with van der Waals surface area (Å²) >= 11 is 0. The number of rotatable bonds is 3. The highest BCUT2D eigenvalue weighted by molar-refractivity contribution is 5.19. The first-order valence-corrected chi connectivity index (χ1v) is 7.92. The number of hydrogen-bond donors (Lipinski definition) is 1. The standard InChI is InChI=1S/C17H26N2/c1-2-9-16(10-3-1)17-14-19(12-6-11-18-17)13-15-7-4-5-8-15/h1-3,9-10,15,17-18H,4-8,11-14H2. The van der Waals surface area contributed by atoms with Gasteiger partial charge in [-0.05, 0) is 43.8 Å². The lowest BCUT2D eigenvalue weighted by atomic mass is 10.0. The second-order valence-electron chi connectivity index (χ2n) is 6.18. The van der Waals surface area contributed by atoms with E-state index >= 15 is 0 Å². The van der Waals surface area contributed by atoms with Gasteiger partial charge in [-0.3, -0.25) is 0 Å². The van der Waals surface area contributed by atoms with Gasteiger partial charge in [-0.25, -0.2) is 0 Å². The Bertz CT molecular complexity index is 370. The summed E-state index contributed by atoms with van der Waals surface area (Å²) in [4.78, 5) is 2.70. The van der Waals surface area contributed by atoms with Crippen LogP contribution in [0, 0.1) is 5.92 Å². The zero-order valence-electron chi connectivity index (χ0n) is 11.9. The fraction of sp³-hybridized carbons (Fsp3) is 0.647. The van der Waals surface area contributed by atoms with E-state index in [1.807, 2.05) is 0 Å². The molecule has 1 aromatic carbocycles. The lowest BCUT2D eigenvalue weighted by Gasteiger charge is -2.27. The molecule has 2 aliphatic rings. The molecule has 1 aliphatic carbocycles. The van der Waals surface area contributed by atoms with E-state index in [-0.39, 0.29) is 0 Å². The Balaban J connectivity index is 1.62. The van der Waals surface area contributed by atoms with Crippen LogP contribution in [0.3, 0.4) is 0 Å². The summed E-state index contributed by atoms with van der Waals surface area (Å²) in [6.45, 7) is 4.93. The second kappa shape index (κ2) is 6.53. The minimum atomic E-state index is 0.519. The van der Waals surface area contributed by atoms with Crippen molar-refractivity contribution in [2.45, 2.75) is 38.1 Å². The number of nitrogens with zero attached hydrogens (tertiary/aromatic N) is 1. The zero-order chi connectivity index (χ0) is 12.9. The molecule has 3 rings (SSSR count). The molecule has 1 saturated heterocycles. The van der Waals surface area contributed by atoms with Crippen LogP contribution in [-0.2, 0) is 0 Å². The summed E-state index contributed by atoms with van der Waals surface area (Å²) in [5.74, 6) is 0.967. The molecule has 0 spiro atoms. The van der Waals surface area contributed by atoms with Crippen molar-refractivity contribution in [3.05, 3.63) is 35.9 Å². The van der Waals surface area contributed by atoms with Crippen LogP contribution >= 0.6 is 0 Å². The largest absolute Gasteiger partial charge is 0.309 e. The molecule has 1 unspecified atom stereocenters. The SMILES string of the molecule is c1ccc(C2CN(CC3CCCC3)CCCN2)cc1. The first-order valence-electron chi connectivity index (χ1n) is 7.92. The molecule has 1 aliphatic heterocycles. The van der Waals surface area contributed by atoms with Crippen LogP contribution in [0.4, 0.5) is 0 Å². The van der Waals surface area contributed by atoms with E-state index in [1.54, 1.807) is 0 Å². The maximum absolute atomic E-state index is 3.71. The molecule has 0 radical (unpaired) electrons. The highest BCUT2D eigenvalue weighted by Crippen LogP contribution is 2.27. The van der Waals surface area contributed by atoms with E-state index in [2.05, 4.69) is 40.5 Å². The molecular formula is C17H26N2. The van der Waals surface area contributed by atoms with Crippen molar-refractivity contribution in [2.24, 2.45) is 5.92 Å². The Morgan fingerprint density at radius 1 is 1.05 bits per heavy atom. The van der Waals surface area contributed by atoms with Crippen LogP contribution < -0.4 is 5.32 Å². The summed E-state index contributed by atoms with van der Waals surface area (Å²) in [5.41, 5.74) is 1.45. The number of nitrogens with one attached hydrogen (secondary N) is 1. The molecule has 104 valence electrons. The number of benzene rings is 1. The average Bonchev–Trinajstić information content (AvgIpc) is 2.84. The molecule has 1 saturated carbocycles. The van der Waals surface area contributed by atoms with Gasteiger partial charge in [0.15, 0.2) is 0 Å². The Labute approximate surface area is 117 Å². The van der Waals surface area contributed by atoms with Gasteiger partial charge >= 0.3 is 0 Å². The molecular weight excluding hydrogens is 232 g/mol. The fourth-order valence-corrected chi connectivity index (χ4v) is 3.63. The summed E-state index contributed by atoms with van der Waals surface area (Å²) in [6.07, 6.45) is 7.12. The number of hydrogen-bond acceptors (Lipinski definition) is 2. The van der Waals surface area contributed by atoms with Crippen LogP contribution in [0.25, 0.3) is 0 Å². The maximum Gasteiger partial charge on any atom is 0.0449 e. The van der Waals surface area contributed by atoms with Crippen molar-refractivity contribution in [3.63, 3.8) is 0 Å². The van der Waals surface area contributed by atoms with Gasteiger partial charge in [-0.1, -0.05) is 43.2 Å². The van der Waals surface area contributed by atoms with Crippen molar-refractivity contribution in [1.82, 2.24) is 10.2 Å². The van der Waals surface area contributed by atoms with Crippen molar-refractivity contribution in [3.8, 4) is 0 Å². The van der Waals surface area contributed by atoms with Crippen LogP contribution in [0.1, 0.15) is 43.7 Å². The monoisotopic (exact) mass is 258 g/mol. The van der Waals surface area contributed by atoms with Crippen molar-refractivity contribution in [2.75, 3.05) is 26.2 Å². The van der Waals surface area contributed by atoms with E-state index in [9.17, 15) is 0 Å². The van der Waals surface area contributed by atoms with E-state index in [1.165, 1.54) is 57.3 Å². The highest BCUT2D eigenvalue weighted by Gasteiger charge is 2.23. The first-order chi connectivity index (χ1) is 9.42. The molecule has 2 heteroatoms. The van der Waals surface area contributed by atoms with Gasteiger partial charge in [0, 0.05) is 19.1 Å². The Morgan fingerprint density at radius 3 is 2.63 bits per heavy atom. The normalized spacial score (nSPS) is 26.4. The average molecular weight is 258 g/mol. The highest BCUT2D eigenvalue weighted by atomic mass is 15.2. The Kier molecular flexibility index (Phi) is 4.52.